The van der Waals surface area contributed by atoms with Crippen molar-refractivity contribution in [3.63, 3.8) is 0 Å². The van der Waals surface area contributed by atoms with Crippen molar-refractivity contribution in [3.8, 4) is 0 Å². The van der Waals surface area contributed by atoms with E-state index in [0.717, 1.165) is 0 Å². The van der Waals surface area contributed by atoms with E-state index in [0.29, 0.717) is 17.9 Å². The van der Waals surface area contributed by atoms with Gasteiger partial charge in [-0.15, -0.1) is 22.9 Å². The quantitative estimate of drug-likeness (QED) is 0.715. The zero-order chi connectivity index (χ0) is 11.9. The zero-order valence-electron chi connectivity index (χ0n) is 10.2. The summed E-state index contributed by atoms with van der Waals surface area (Å²) in [6, 6.07) is 4.30. The van der Waals surface area contributed by atoms with Crippen LogP contribution in [0.5, 0.6) is 0 Å². The maximum Gasteiger partial charge on any atom is 0.0734 e. The predicted octanol–water partition coefficient (Wildman–Crippen LogP) is 4.40. The van der Waals surface area contributed by atoms with Crippen LogP contribution < -0.4 is 0 Å². The maximum atomic E-state index is 6.61. The van der Waals surface area contributed by atoms with Crippen molar-refractivity contribution in [1.29, 1.82) is 0 Å². The molecule has 16 heavy (non-hydrogen) atoms. The fraction of sp³-hybridized carbons (Fsp3) is 0.692. The Bertz CT molecular complexity index is 363. The lowest BCUT2D eigenvalue weighted by molar-refractivity contribution is 0.0508. The van der Waals surface area contributed by atoms with Crippen LogP contribution >= 0.6 is 22.9 Å². The maximum absolute atomic E-state index is 6.61. The Labute approximate surface area is 107 Å². The molecule has 0 spiro atoms. The molecule has 1 aliphatic rings. The predicted molar refractivity (Wildman–Crippen MR) is 70.3 cm³/mol. The number of alkyl halides is 1. The van der Waals surface area contributed by atoms with E-state index in [1.807, 2.05) is 0 Å². The van der Waals surface area contributed by atoms with Crippen LogP contribution in [0.15, 0.2) is 12.1 Å². The van der Waals surface area contributed by atoms with Crippen molar-refractivity contribution in [2.24, 2.45) is 11.8 Å². The summed E-state index contributed by atoms with van der Waals surface area (Å²) in [5, 5.41) is 0.0913. The average Bonchev–Trinajstić information content (AvgIpc) is 2.73. The molecule has 0 N–H and O–H groups in total. The Morgan fingerprint density at radius 3 is 2.38 bits per heavy atom. The van der Waals surface area contributed by atoms with Gasteiger partial charge < -0.3 is 4.74 Å². The molecular weight excluding hydrogens is 240 g/mol. The van der Waals surface area contributed by atoms with Gasteiger partial charge in [-0.1, -0.05) is 6.92 Å². The minimum atomic E-state index is 0.0913. The van der Waals surface area contributed by atoms with Crippen LogP contribution in [0, 0.1) is 18.8 Å². The number of hydrogen-bond acceptors (Lipinski definition) is 2. The van der Waals surface area contributed by atoms with E-state index in [1.54, 1.807) is 11.3 Å². The molecule has 0 bridgehead atoms. The van der Waals surface area contributed by atoms with Crippen molar-refractivity contribution < 1.29 is 4.74 Å². The van der Waals surface area contributed by atoms with Gasteiger partial charge >= 0.3 is 0 Å². The van der Waals surface area contributed by atoms with E-state index < -0.39 is 0 Å². The van der Waals surface area contributed by atoms with Crippen molar-refractivity contribution in [2.45, 2.75) is 45.3 Å². The third-order valence-corrected chi connectivity index (χ3v) is 5.43. The smallest absolute Gasteiger partial charge is 0.0734 e. The van der Waals surface area contributed by atoms with Gasteiger partial charge in [0.05, 0.1) is 17.6 Å². The van der Waals surface area contributed by atoms with Gasteiger partial charge in [-0.05, 0) is 38.8 Å². The fourth-order valence-electron chi connectivity index (χ4n) is 2.59. The van der Waals surface area contributed by atoms with Crippen LogP contribution in [0.1, 0.15) is 35.9 Å². The first-order valence-electron chi connectivity index (χ1n) is 5.86. The van der Waals surface area contributed by atoms with E-state index >= 15 is 0 Å². The molecule has 1 aromatic rings. The summed E-state index contributed by atoms with van der Waals surface area (Å²) in [6.45, 7) is 8.65. The molecule has 0 aromatic carbocycles. The number of rotatable bonds is 2. The van der Waals surface area contributed by atoms with E-state index in [2.05, 4.69) is 39.8 Å². The number of ether oxygens (including phenoxy) is 1. The van der Waals surface area contributed by atoms with Gasteiger partial charge in [-0.25, -0.2) is 0 Å². The minimum Gasteiger partial charge on any atom is -0.375 e. The third kappa shape index (κ3) is 2.15. The second kappa shape index (κ2) is 4.67. The van der Waals surface area contributed by atoms with Crippen molar-refractivity contribution in [3.05, 3.63) is 21.9 Å². The van der Waals surface area contributed by atoms with Gasteiger partial charge in [0.2, 0.25) is 0 Å². The lowest BCUT2D eigenvalue weighted by Crippen LogP contribution is -2.21. The number of thiophene rings is 1. The van der Waals surface area contributed by atoms with Gasteiger partial charge in [0.25, 0.3) is 0 Å². The molecule has 0 saturated carbocycles. The molecular formula is C13H19ClOS. The lowest BCUT2D eigenvalue weighted by atomic mass is 9.86. The fourth-order valence-corrected chi connectivity index (χ4v) is 4.14. The van der Waals surface area contributed by atoms with Gasteiger partial charge in [0, 0.05) is 15.7 Å². The molecule has 1 fully saturated rings. The molecule has 0 radical (unpaired) electrons. The normalized spacial score (nSPS) is 36.6. The van der Waals surface area contributed by atoms with Crippen molar-refractivity contribution in [2.75, 3.05) is 0 Å². The second-order valence-corrected chi connectivity index (χ2v) is 6.62. The second-order valence-electron chi connectivity index (χ2n) is 4.83. The number of aryl methyl sites for hydroxylation is 1. The molecule has 3 heteroatoms. The average molecular weight is 259 g/mol. The Hall–Kier alpha value is -0.0500. The van der Waals surface area contributed by atoms with Gasteiger partial charge in [0.15, 0.2) is 0 Å². The Kier molecular flexibility index (Phi) is 3.62. The lowest BCUT2D eigenvalue weighted by Gasteiger charge is -2.23. The molecule has 0 aliphatic carbocycles. The van der Waals surface area contributed by atoms with Crippen molar-refractivity contribution in [1.82, 2.24) is 0 Å². The first-order valence-corrected chi connectivity index (χ1v) is 7.12. The van der Waals surface area contributed by atoms with Crippen LogP contribution in [-0.4, -0.2) is 12.2 Å². The monoisotopic (exact) mass is 258 g/mol. The molecule has 5 unspecified atom stereocenters. The molecule has 1 aromatic heterocycles. The molecule has 1 saturated heterocycles. The largest absolute Gasteiger partial charge is 0.375 e. The van der Waals surface area contributed by atoms with E-state index in [4.69, 9.17) is 16.3 Å². The van der Waals surface area contributed by atoms with Crippen LogP contribution in [0.25, 0.3) is 0 Å². The van der Waals surface area contributed by atoms with E-state index in [1.165, 1.54) is 9.75 Å². The van der Waals surface area contributed by atoms with Crippen LogP contribution in [0.3, 0.4) is 0 Å². The minimum absolute atomic E-state index is 0.0913. The van der Waals surface area contributed by atoms with Crippen LogP contribution in [-0.2, 0) is 4.74 Å². The summed E-state index contributed by atoms with van der Waals surface area (Å²) < 4.78 is 5.86. The molecule has 90 valence electrons. The Morgan fingerprint density at radius 2 is 1.94 bits per heavy atom. The highest BCUT2D eigenvalue weighted by molar-refractivity contribution is 7.12. The third-order valence-electron chi connectivity index (χ3n) is 3.69. The summed E-state index contributed by atoms with van der Waals surface area (Å²) in [7, 11) is 0. The standard InChI is InChI=1S/C13H19ClOS/c1-7-5-6-11(16-7)13(14)12-8(2)9(3)15-10(12)4/h5-6,8-10,12-13H,1-4H3. The van der Waals surface area contributed by atoms with Gasteiger partial charge in [-0.3, -0.25) is 0 Å². The number of halogens is 1. The Balaban J connectivity index is 2.18. The SMILES string of the molecule is Cc1ccc(C(Cl)C2C(C)OC(C)C2C)s1. The first kappa shape index (κ1) is 12.4. The van der Waals surface area contributed by atoms with Gasteiger partial charge in [0.1, 0.15) is 0 Å². The summed E-state index contributed by atoms with van der Waals surface area (Å²) >= 11 is 8.41. The summed E-state index contributed by atoms with van der Waals surface area (Å²) in [4.78, 5) is 2.61. The summed E-state index contributed by atoms with van der Waals surface area (Å²) in [5.74, 6) is 0.953. The van der Waals surface area contributed by atoms with Crippen molar-refractivity contribution >= 4 is 22.9 Å². The molecule has 2 heterocycles. The van der Waals surface area contributed by atoms with E-state index in [9.17, 15) is 0 Å². The molecule has 5 atom stereocenters. The van der Waals surface area contributed by atoms with E-state index in [-0.39, 0.29) is 11.5 Å². The van der Waals surface area contributed by atoms with Crippen LogP contribution in [0.4, 0.5) is 0 Å². The number of hydrogen-bond donors (Lipinski definition) is 0. The highest BCUT2D eigenvalue weighted by Gasteiger charge is 2.41. The summed E-state index contributed by atoms with van der Waals surface area (Å²) in [5.41, 5.74) is 0. The molecule has 0 amide bonds. The Morgan fingerprint density at radius 1 is 1.25 bits per heavy atom. The topological polar surface area (TPSA) is 9.23 Å². The molecule has 1 aliphatic heterocycles. The molecule has 1 nitrogen and oxygen atoms in total. The molecule has 2 rings (SSSR count). The van der Waals surface area contributed by atoms with Gasteiger partial charge in [-0.2, -0.15) is 0 Å². The first-order chi connectivity index (χ1) is 7.50. The summed E-state index contributed by atoms with van der Waals surface area (Å²) in [6.07, 6.45) is 0.581. The highest BCUT2D eigenvalue weighted by Crippen LogP contribution is 2.45. The highest BCUT2D eigenvalue weighted by atomic mass is 35.5. The van der Waals surface area contributed by atoms with Crippen LogP contribution in [0.2, 0.25) is 0 Å². The zero-order valence-corrected chi connectivity index (χ0v) is 11.8.